The highest BCUT2D eigenvalue weighted by Crippen LogP contribution is 2.36. The number of ether oxygens (including phenoxy) is 5. The number of benzene rings is 2. The zero-order chi connectivity index (χ0) is 28.6. The zero-order valence-corrected chi connectivity index (χ0v) is 23.4. The largest absolute Gasteiger partial charge is 0.493 e. The van der Waals surface area contributed by atoms with E-state index in [2.05, 4.69) is 16.4 Å². The van der Waals surface area contributed by atoms with E-state index in [4.69, 9.17) is 28.7 Å². The molecule has 0 spiro atoms. The number of fused-ring (bicyclic) bond motifs is 1. The van der Waals surface area contributed by atoms with Gasteiger partial charge in [0.25, 0.3) is 0 Å². The molecule has 0 fully saturated rings. The summed E-state index contributed by atoms with van der Waals surface area (Å²) >= 11 is 1.21. The number of nitrogens with zero attached hydrogens (tertiary/aromatic N) is 3. The van der Waals surface area contributed by atoms with Gasteiger partial charge in [-0.3, -0.25) is 0 Å². The average Bonchev–Trinajstić information content (AvgIpc) is 2.92. The molecule has 0 aliphatic carbocycles. The number of thioether (sulfide) groups is 1. The van der Waals surface area contributed by atoms with Crippen molar-refractivity contribution in [3.63, 3.8) is 0 Å². The Balaban J connectivity index is 2.10. The Morgan fingerprint density at radius 1 is 1.21 bits per heavy atom. The number of rotatable bonds is 6. The molecule has 1 heterocycles. The molecule has 2 aromatic carbocycles. The summed E-state index contributed by atoms with van der Waals surface area (Å²) < 4.78 is 26.6. The molecule has 0 atom stereocenters. The third-order valence-corrected chi connectivity index (χ3v) is 5.88. The van der Waals surface area contributed by atoms with Gasteiger partial charge in [-0.2, -0.15) is 10.3 Å². The molecule has 3 rings (SSSR count). The first-order chi connectivity index (χ1) is 18.6. The number of alkyl carbamates (subject to hydrolysis) is 1. The minimum absolute atomic E-state index is 0.0451. The summed E-state index contributed by atoms with van der Waals surface area (Å²) in [6.45, 7) is 5.73. The summed E-state index contributed by atoms with van der Waals surface area (Å²) in [5.41, 5.74) is 2.38. The van der Waals surface area contributed by atoms with E-state index in [0.29, 0.717) is 51.2 Å². The third-order valence-electron chi connectivity index (χ3n) is 5.20. The zero-order valence-electron chi connectivity index (χ0n) is 22.6. The molecule has 1 aliphatic heterocycles. The van der Waals surface area contributed by atoms with Crippen molar-refractivity contribution in [1.29, 1.82) is 5.26 Å². The molecule has 0 bridgehead atoms. The van der Waals surface area contributed by atoms with Gasteiger partial charge in [0.15, 0.2) is 18.3 Å². The number of carbonyl (C=O) groups excluding carboxylic acids is 2. The van der Waals surface area contributed by atoms with E-state index in [9.17, 15) is 14.9 Å². The van der Waals surface area contributed by atoms with Gasteiger partial charge in [0.05, 0.1) is 38.1 Å². The molecule has 39 heavy (non-hydrogen) atoms. The SMILES string of the molecule is COC(=O)/N=C(\SC)C(=Nc1ccc(C#N)c(CNC(=O)OC(C)(C)C)c1)c1cc2c(c(OC)c1)OCOC2. The Labute approximate surface area is 231 Å². The summed E-state index contributed by atoms with van der Waals surface area (Å²) in [7, 11) is 2.76. The van der Waals surface area contributed by atoms with Gasteiger partial charge in [0, 0.05) is 17.7 Å². The molecule has 0 saturated carbocycles. The van der Waals surface area contributed by atoms with Crippen LogP contribution >= 0.6 is 11.8 Å². The molecule has 2 amide bonds. The Morgan fingerprint density at radius 3 is 2.62 bits per heavy atom. The second-order valence-corrected chi connectivity index (χ2v) is 9.93. The maximum Gasteiger partial charge on any atom is 0.434 e. The van der Waals surface area contributed by atoms with Gasteiger partial charge in [0.2, 0.25) is 0 Å². The van der Waals surface area contributed by atoms with E-state index >= 15 is 0 Å². The summed E-state index contributed by atoms with van der Waals surface area (Å²) in [4.78, 5) is 33.1. The van der Waals surface area contributed by atoms with Crippen LogP contribution in [-0.4, -0.2) is 55.8 Å². The topological polar surface area (TPSA) is 141 Å². The van der Waals surface area contributed by atoms with Crippen LogP contribution in [0.15, 0.2) is 40.3 Å². The van der Waals surface area contributed by atoms with Gasteiger partial charge in [-0.15, -0.1) is 11.8 Å². The molecule has 1 N–H and O–H groups in total. The van der Waals surface area contributed by atoms with Gasteiger partial charge in [-0.05, 0) is 62.9 Å². The van der Waals surface area contributed by atoms with E-state index in [1.807, 2.05) is 6.07 Å². The average molecular weight is 555 g/mol. The second-order valence-electron chi connectivity index (χ2n) is 9.14. The van der Waals surface area contributed by atoms with Crippen molar-refractivity contribution in [3.8, 4) is 17.6 Å². The van der Waals surface area contributed by atoms with Crippen LogP contribution in [0.1, 0.15) is 43.0 Å². The van der Waals surface area contributed by atoms with Gasteiger partial charge in [-0.1, -0.05) is 0 Å². The summed E-state index contributed by atoms with van der Waals surface area (Å²) in [6, 6.07) is 10.6. The van der Waals surface area contributed by atoms with Crippen LogP contribution in [0.5, 0.6) is 11.5 Å². The van der Waals surface area contributed by atoms with Crippen LogP contribution in [0.25, 0.3) is 0 Å². The Kier molecular flexibility index (Phi) is 9.92. The van der Waals surface area contributed by atoms with Gasteiger partial charge >= 0.3 is 12.2 Å². The first-order valence-corrected chi connectivity index (χ1v) is 13.0. The van der Waals surface area contributed by atoms with Gasteiger partial charge in [-0.25, -0.2) is 14.6 Å². The maximum atomic E-state index is 12.2. The molecule has 12 heteroatoms. The lowest BCUT2D eigenvalue weighted by Crippen LogP contribution is -2.32. The molecule has 2 aromatic rings. The second kappa shape index (κ2) is 13.1. The van der Waals surface area contributed by atoms with Crippen LogP contribution in [0, 0.1) is 11.3 Å². The van der Waals surface area contributed by atoms with Crippen molar-refractivity contribution in [2.75, 3.05) is 27.3 Å². The van der Waals surface area contributed by atoms with Crippen molar-refractivity contribution in [1.82, 2.24) is 5.32 Å². The summed E-state index contributed by atoms with van der Waals surface area (Å²) in [5.74, 6) is 1.04. The normalized spacial score (nSPS) is 13.5. The summed E-state index contributed by atoms with van der Waals surface area (Å²) in [5, 5.41) is 12.6. The number of hydrogen-bond donors (Lipinski definition) is 1. The number of nitriles is 1. The van der Waals surface area contributed by atoms with Crippen LogP contribution in [0.2, 0.25) is 0 Å². The first kappa shape index (κ1) is 29.5. The fourth-order valence-corrected chi connectivity index (χ4v) is 4.07. The van der Waals surface area contributed by atoms with Gasteiger partial charge < -0.3 is 29.0 Å². The van der Waals surface area contributed by atoms with E-state index < -0.39 is 17.8 Å². The third kappa shape index (κ3) is 7.95. The van der Waals surface area contributed by atoms with Crippen LogP contribution < -0.4 is 14.8 Å². The fraction of sp³-hybridized carbons (Fsp3) is 0.370. The van der Waals surface area contributed by atoms with Gasteiger partial charge in [0.1, 0.15) is 16.4 Å². The molecule has 11 nitrogen and oxygen atoms in total. The predicted molar refractivity (Wildman–Crippen MR) is 147 cm³/mol. The van der Waals surface area contributed by atoms with Crippen molar-refractivity contribution in [3.05, 3.63) is 52.6 Å². The number of amides is 2. The lowest BCUT2D eigenvalue weighted by atomic mass is 10.0. The van der Waals surface area contributed by atoms with Crippen molar-refractivity contribution in [2.24, 2.45) is 9.98 Å². The number of carbonyl (C=O) groups is 2. The molecule has 0 saturated heterocycles. The smallest absolute Gasteiger partial charge is 0.434 e. The lowest BCUT2D eigenvalue weighted by Gasteiger charge is -2.21. The van der Waals surface area contributed by atoms with Crippen molar-refractivity contribution in [2.45, 2.75) is 39.5 Å². The number of methoxy groups -OCH3 is 2. The van der Waals surface area contributed by atoms with Crippen LogP contribution in [-0.2, 0) is 27.4 Å². The number of hydrogen-bond acceptors (Lipinski definition) is 10. The quantitative estimate of drug-likeness (QED) is 0.381. The minimum atomic E-state index is -0.786. The minimum Gasteiger partial charge on any atom is -0.493 e. The molecule has 0 unspecified atom stereocenters. The number of nitrogens with one attached hydrogen (secondary N) is 1. The van der Waals surface area contributed by atoms with Crippen LogP contribution in [0.4, 0.5) is 15.3 Å². The molecule has 0 aromatic heterocycles. The van der Waals surface area contributed by atoms with Crippen molar-refractivity contribution >= 4 is 40.4 Å². The standard InChI is InChI=1S/C27H30N4O7S/c1-27(2,3)38-25(32)29-13-18-10-20(8-7-16(18)12-28)30-22(24(39-6)31-26(33)35-5)17-9-19-14-36-15-37-23(19)21(11-17)34-4/h7-11H,13-15H2,1-6H3,(H,29,32)/b30-22?,31-24-. The highest BCUT2D eigenvalue weighted by atomic mass is 32.2. The van der Waals surface area contributed by atoms with E-state index in [1.165, 1.54) is 26.0 Å². The highest BCUT2D eigenvalue weighted by Gasteiger charge is 2.22. The first-order valence-electron chi connectivity index (χ1n) is 11.8. The molecule has 206 valence electrons. The molecule has 0 radical (unpaired) electrons. The van der Waals surface area contributed by atoms with Crippen molar-refractivity contribution < 1.29 is 33.3 Å². The lowest BCUT2D eigenvalue weighted by molar-refractivity contribution is -0.0180. The highest BCUT2D eigenvalue weighted by molar-refractivity contribution is 8.15. The monoisotopic (exact) mass is 554 g/mol. The predicted octanol–water partition coefficient (Wildman–Crippen LogP) is 5.11. The Morgan fingerprint density at radius 2 is 1.97 bits per heavy atom. The molecular weight excluding hydrogens is 524 g/mol. The Hall–Kier alpha value is -4.08. The van der Waals surface area contributed by atoms with Crippen LogP contribution in [0.3, 0.4) is 0 Å². The summed E-state index contributed by atoms with van der Waals surface area (Å²) in [6.07, 6.45) is 0.362. The molecular formula is C27H30N4O7S. The van der Waals surface area contributed by atoms with E-state index in [-0.39, 0.29) is 13.3 Å². The Bertz CT molecular complexity index is 1330. The maximum absolute atomic E-state index is 12.2. The van der Waals surface area contributed by atoms with E-state index in [1.54, 1.807) is 51.3 Å². The molecule has 1 aliphatic rings. The number of aliphatic imine (C=N–C) groups is 2. The van der Waals surface area contributed by atoms with E-state index in [0.717, 1.165) is 5.56 Å². The fourth-order valence-electron chi connectivity index (χ4n) is 3.55.